The summed E-state index contributed by atoms with van der Waals surface area (Å²) in [5.41, 5.74) is 1.16. The van der Waals surface area contributed by atoms with Crippen LogP contribution in [0.25, 0.3) is 11.6 Å². The number of aromatic nitrogens is 4. The fourth-order valence-corrected chi connectivity index (χ4v) is 5.21. The largest absolute Gasteiger partial charge is 0.444 e. The maximum absolute atomic E-state index is 13.3. The average Bonchev–Trinajstić information content (AvgIpc) is 3.69. The lowest BCUT2D eigenvalue weighted by atomic mass is 10.1. The van der Waals surface area contributed by atoms with Crippen LogP contribution in [0.1, 0.15) is 76.0 Å². The minimum absolute atomic E-state index is 0.121. The normalized spacial score (nSPS) is 22.4. The summed E-state index contributed by atoms with van der Waals surface area (Å²) in [4.78, 5) is 24.7. The van der Waals surface area contributed by atoms with Crippen LogP contribution >= 0.6 is 0 Å². The summed E-state index contributed by atoms with van der Waals surface area (Å²) in [7, 11) is 0. The number of imidazole rings is 1. The quantitative estimate of drug-likeness (QED) is 0.493. The summed E-state index contributed by atoms with van der Waals surface area (Å²) >= 11 is 0. The summed E-state index contributed by atoms with van der Waals surface area (Å²) < 4.78 is 13.7. The fraction of sp³-hybridized carbons (Fsp3) is 0.556. The zero-order valence-electron chi connectivity index (χ0n) is 20.7. The van der Waals surface area contributed by atoms with E-state index >= 15 is 0 Å². The molecule has 35 heavy (non-hydrogen) atoms. The Labute approximate surface area is 205 Å². The Balaban J connectivity index is 1.23. The van der Waals surface area contributed by atoms with Crippen LogP contribution < -0.4 is 0 Å². The molecule has 3 heterocycles. The Morgan fingerprint density at radius 1 is 1.20 bits per heavy atom. The van der Waals surface area contributed by atoms with Crippen LogP contribution in [0.5, 0.6) is 0 Å². The summed E-state index contributed by atoms with van der Waals surface area (Å²) in [5, 5.41) is 4.36. The van der Waals surface area contributed by atoms with Crippen LogP contribution in [-0.2, 0) is 23.1 Å². The maximum Gasteiger partial charge on any atom is 0.410 e. The van der Waals surface area contributed by atoms with Crippen molar-refractivity contribution in [2.45, 2.75) is 88.8 Å². The van der Waals surface area contributed by atoms with Gasteiger partial charge in [0, 0.05) is 37.7 Å². The third kappa shape index (κ3) is 4.46. The second-order valence-corrected chi connectivity index (χ2v) is 11.3. The minimum atomic E-state index is -0.553. The molecule has 0 radical (unpaired) electrons. The van der Waals surface area contributed by atoms with Crippen molar-refractivity contribution in [3.8, 4) is 11.6 Å². The molecule has 2 aromatic heterocycles. The molecular formula is C27H33N5O3. The molecule has 1 aliphatic heterocycles. The molecule has 0 bridgehead atoms. The number of benzene rings is 1. The highest BCUT2D eigenvalue weighted by molar-refractivity contribution is 5.70. The van der Waals surface area contributed by atoms with Crippen molar-refractivity contribution < 1.29 is 14.1 Å². The van der Waals surface area contributed by atoms with Crippen LogP contribution in [0.3, 0.4) is 0 Å². The number of nitrogens with zero attached hydrogens (tertiary/aromatic N) is 5. The molecule has 2 aliphatic carbocycles. The molecule has 184 valence electrons. The van der Waals surface area contributed by atoms with Gasteiger partial charge in [0.1, 0.15) is 17.1 Å². The summed E-state index contributed by atoms with van der Waals surface area (Å²) in [5.74, 6) is 2.55. The highest BCUT2D eigenvalue weighted by atomic mass is 16.6. The van der Waals surface area contributed by atoms with Crippen molar-refractivity contribution in [2.75, 3.05) is 6.54 Å². The number of carbonyl (C=O) groups is 1. The molecule has 6 rings (SSSR count). The first-order valence-corrected chi connectivity index (χ1v) is 12.8. The fourth-order valence-electron chi connectivity index (χ4n) is 5.21. The molecule has 3 aromatic rings. The Hall–Kier alpha value is -3.16. The zero-order valence-corrected chi connectivity index (χ0v) is 20.7. The number of hydrogen-bond acceptors (Lipinski definition) is 6. The molecule has 0 saturated heterocycles. The predicted molar refractivity (Wildman–Crippen MR) is 130 cm³/mol. The van der Waals surface area contributed by atoms with Crippen LogP contribution in [0.15, 0.2) is 41.1 Å². The summed E-state index contributed by atoms with van der Waals surface area (Å²) in [6.07, 6.45) is 7.87. The second kappa shape index (κ2) is 8.21. The maximum atomic E-state index is 13.3. The molecule has 0 spiro atoms. The van der Waals surface area contributed by atoms with Gasteiger partial charge < -0.3 is 18.7 Å². The highest BCUT2D eigenvalue weighted by Crippen LogP contribution is 2.52. The molecule has 1 unspecified atom stereocenters. The van der Waals surface area contributed by atoms with Crippen LogP contribution in [-0.4, -0.2) is 48.9 Å². The Morgan fingerprint density at radius 2 is 2.00 bits per heavy atom. The molecule has 0 N–H and O–H groups in total. The van der Waals surface area contributed by atoms with E-state index in [1.165, 1.54) is 18.4 Å². The molecular weight excluding hydrogens is 442 g/mol. The second-order valence-electron chi connectivity index (χ2n) is 11.3. The molecule has 1 aromatic carbocycles. The first-order valence-electron chi connectivity index (χ1n) is 12.8. The van der Waals surface area contributed by atoms with Gasteiger partial charge in [0.15, 0.2) is 5.82 Å². The van der Waals surface area contributed by atoms with Gasteiger partial charge in [-0.25, -0.2) is 9.78 Å². The topological polar surface area (TPSA) is 86.3 Å². The number of carbonyl (C=O) groups excluding carboxylic acids is 1. The van der Waals surface area contributed by atoms with Gasteiger partial charge in [-0.15, -0.1) is 0 Å². The van der Waals surface area contributed by atoms with Crippen molar-refractivity contribution >= 4 is 6.09 Å². The summed E-state index contributed by atoms with van der Waals surface area (Å²) in [6, 6.07) is 10.5. The smallest absolute Gasteiger partial charge is 0.410 e. The van der Waals surface area contributed by atoms with Gasteiger partial charge in [0.2, 0.25) is 0 Å². The van der Waals surface area contributed by atoms with Crippen molar-refractivity contribution in [3.05, 3.63) is 53.7 Å². The van der Waals surface area contributed by atoms with Gasteiger partial charge in [-0.3, -0.25) is 0 Å². The number of fused-ring (bicyclic) bond motifs is 1. The molecule has 2 fully saturated rings. The predicted octanol–water partition coefficient (Wildman–Crippen LogP) is 5.09. The summed E-state index contributed by atoms with van der Waals surface area (Å²) in [6.45, 7) is 7.26. The van der Waals surface area contributed by atoms with Crippen molar-refractivity contribution in [3.63, 3.8) is 0 Å². The van der Waals surface area contributed by atoms with E-state index in [4.69, 9.17) is 19.2 Å². The number of amides is 1. The SMILES string of the molecule is CC(C)(C)OC(=O)N(CC1(c2noc(-c3cn4c(n3)CCCC4)n2)CC1)[C@H]1CC1c1ccccc1. The highest BCUT2D eigenvalue weighted by Gasteiger charge is 2.55. The minimum Gasteiger partial charge on any atom is -0.444 e. The van der Waals surface area contributed by atoms with E-state index < -0.39 is 5.60 Å². The van der Waals surface area contributed by atoms with Gasteiger partial charge in [-0.05, 0) is 58.4 Å². The molecule has 8 heteroatoms. The van der Waals surface area contributed by atoms with Gasteiger partial charge in [0.25, 0.3) is 5.89 Å². The number of rotatable bonds is 6. The zero-order chi connectivity index (χ0) is 24.2. The standard InChI is InChI=1S/C27H33N5O3/c1-26(2,3)34-25(33)32(21-15-19(21)18-9-5-4-6-10-18)17-27(12-13-27)24-29-23(35-30-24)20-16-31-14-8-7-11-22(31)28-20/h4-6,9-10,16,19,21H,7-8,11-15,17H2,1-3H3/t19?,21-/m0/s1. The van der Waals surface area contributed by atoms with E-state index in [1.54, 1.807) is 0 Å². The van der Waals surface area contributed by atoms with E-state index in [0.29, 0.717) is 24.2 Å². The van der Waals surface area contributed by atoms with Gasteiger partial charge >= 0.3 is 6.09 Å². The lowest BCUT2D eigenvalue weighted by molar-refractivity contribution is 0.0208. The number of ether oxygens (including phenoxy) is 1. The molecule has 2 atom stereocenters. The van der Waals surface area contributed by atoms with E-state index in [2.05, 4.69) is 34.0 Å². The Bertz CT molecular complexity index is 1200. The molecule has 2 saturated carbocycles. The number of aryl methyl sites for hydroxylation is 2. The van der Waals surface area contributed by atoms with Crippen molar-refractivity contribution in [2.24, 2.45) is 0 Å². The first-order chi connectivity index (χ1) is 16.8. The van der Waals surface area contributed by atoms with E-state index in [9.17, 15) is 4.79 Å². The molecule has 8 nitrogen and oxygen atoms in total. The van der Waals surface area contributed by atoms with Crippen molar-refractivity contribution in [1.82, 2.24) is 24.6 Å². The lowest BCUT2D eigenvalue weighted by Gasteiger charge is -2.30. The third-order valence-corrected chi connectivity index (χ3v) is 7.37. The van der Waals surface area contributed by atoms with Gasteiger partial charge in [0.05, 0.1) is 5.41 Å². The molecule has 3 aliphatic rings. The van der Waals surface area contributed by atoms with Crippen LogP contribution in [0.2, 0.25) is 0 Å². The van der Waals surface area contributed by atoms with Crippen LogP contribution in [0.4, 0.5) is 4.79 Å². The lowest BCUT2D eigenvalue weighted by Crippen LogP contribution is -2.43. The molecule has 1 amide bonds. The number of hydrogen-bond donors (Lipinski definition) is 0. The van der Waals surface area contributed by atoms with Crippen molar-refractivity contribution in [1.29, 1.82) is 0 Å². The third-order valence-electron chi connectivity index (χ3n) is 7.37. The first kappa shape index (κ1) is 22.3. The van der Waals surface area contributed by atoms with Gasteiger partial charge in [-0.1, -0.05) is 35.5 Å². The Kier molecular flexibility index (Phi) is 5.23. The monoisotopic (exact) mass is 475 g/mol. The van der Waals surface area contributed by atoms with Crippen LogP contribution in [0, 0.1) is 0 Å². The average molecular weight is 476 g/mol. The van der Waals surface area contributed by atoms with E-state index in [-0.39, 0.29) is 17.6 Å². The van der Waals surface area contributed by atoms with E-state index in [1.807, 2.05) is 37.9 Å². The van der Waals surface area contributed by atoms with Gasteiger partial charge in [-0.2, -0.15) is 4.98 Å². The van der Waals surface area contributed by atoms with E-state index in [0.717, 1.165) is 43.7 Å². The Morgan fingerprint density at radius 3 is 2.71 bits per heavy atom.